The van der Waals surface area contributed by atoms with Crippen molar-refractivity contribution in [3.8, 4) is 0 Å². The van der Waals surface area contributed by atoms with Crippen LogP contribution in [0.25, 0.3) is 0 Å². The lowest BCUT2D eigenvalue weighted by atomic mass is 10.1. The average Bonchev–Trinajstić information content (AvgIpc) is 2.74. The smallest absolute Gasteiger partial charge is 0.416 e. The maximum absolute atomic E-state index is 13.0. The van der Waals surface area contributed by atoms with Gasteiger partial charge in [0.1, 0.15) is 11.4 Å². The molecule has 1 heterocycles. The van der Waals surface area contributed by atoms with E-state index in [0.717, 1.165) is 28.8 Å². The van der Waals surface area contributed by atoms with E-state index >= 15 is 0 Å². The molecule has 2 aromatic carbocycles. The van der Waals surface area contributed by atoms with Crippen LogP contribution in [-0.4, -0.2) is 23.5 Å². The molecule has 1 aromatic heterocycles. The second-order valence-electron chi connectivity index (χ2n) is 7.50. The molecule has 2 N–H and O–H groups in total. The van der Waals surface area contributed by atoms with E-state index in [1.54, 1.807) is 0 Å². The van der Waals surface area contributed by atoms with Crippen LogP contribution in [0.15, 0.2) is 54.7 Å². The third kappa shape index (κ3) is 6.09. The van der Waals surface area contributed by atoms with E-state index < -0.39 is 30.2 Å². The van der Waals surface area contributed by atoms with Crippen molar-refractivity contribution < 1.29 is 27.5 Å². The fourth-order valence-electron chi connectivity index (χ4n) is 3.34. The summed E-state index contributed by atoms with van der Waals surface area (Å²) in [5.41, 5.74) is 2.71. The zero-order chi connectivity index (χ0) is 24.2. The molecule has 0 atom stereocenters. The minimum atomic E-state index is -4.51. The van der Waals surface area contributed by atoms with Gasteiger partial charge in [0.05, 0.1) is 5.56 Å². The average molecular weight is 457 g/mol. The lowest BCUT2D eigenvalue weighted by Gasteiger charge is -2.14. The highest BCUT2D eigenvalue weighted by Gasteiger charge is 2.30. The first-order valence-corrected chi connectivity index (χ1v) is 9.98. The van der Waals surface area contributed by atoms with Gasteiger partial charge in [0.2, 0.25) is 0 Å². The second kappa shape index (κ2) is 9.72. The highest BCUT2D eigenvalue weighted by Crippen LogP contribution is 2.31. The standard InChI is InChI=1S/C24H22F3N3O3/c1-14-10-15(2)21(16(3)11-14)30-20(31)13-33-23(32)19-8-5-9-28-22(19)29-18-7-4-6-17(12-18)24(25,26)27/h4-12H,13H2,1-3H3,(H,28,29)(H,30,31). The van der Waals surface area contributed by atoms with Gasteiger partial charge in [-0.3, -0.25) is 4.79 Å². The third-order valence-electron chi connectivity index (χ3n) is 4.76. The number of nitrogens with one attached hydrogen (secondary N) is 2. The van der Waals surface area contributed by atoms with E-state index in [-0.39, 0.29) is 17.1 Å². The Labute approximate surface area is 188 Å². The molecule has 0 fully saturated rings. The van der Waals surface area contributed by atoms with Gasteiger partial charge in [-0.2, -0.15) is 13.2 Å². The van der Waals surface area contributed by atoms with Crippen LogP contribution in [0.3, 0.4) is 0 Å². The van der Waals surface area contributed by atoms with Crippen LogP contribution >= 0.6 is 0 Å². The monoisotopic (exact) mass is 457 g/mol. The van der Waals surface area contributed by atoms with Crippen molar-refractivity contribution >= 4 is 29.1 Å². The van der Waals surface area contributed by atoms with Crippen molar-refractivity contribution in [3.63, 3.8) is 0 Å². The van der Waals surface area contributed by atoms with Gasteiger partial charge in [0, 0.05) is 17.6 Å². The number of ether oxygens (including phenoxy) is 1. The van der Waals surface area contributed by atoms with Crippen LogP contribution in [0.2, 0.25) is 0 Å². The van der Waals surface area contributed by atoms with E-state index in [1.165, 1.54) is 30.5 Å². The number of aromatic nitrogens is 1. The predicted molar refractivity (Wildman–Crippen MR) is 119 cm³/mol. The van der Waals surface area contributed by atoms with Crippen LogP contribution in [-0.2, 0) is 15.7 Å². The summed E-state index contributed by atoms with van der Waals surface area (Å²) in [6.45, 7) is 5.14. The van der Waals surface area contributed by atoms with Gasteiger partial charge in [0.15, 0.2) is 6.61 Å². The van der Waals surface area contributed by atoms with Crippen molar-refractivity contribution in [2.24, 2.45) is 0 Å². The number of pyridine rings is 1. The van der Waals surface area contributed by atoms with E-state index in [4.69, 9.17) is 4.74 Å². The number of rotatable bonds is 6. The number of esters is 1. The van der Waals surface area contributed by atoms with Crippen molar-refractivity contribution in [3.05, 3.63) is 82.5 Å². The Balaban J connectivity index is 1.69. The molecule has 172 valence electrons. The van der Waals surface area contributed by atoms with Crippen LogP contribution in [0, 0.1) is 20.8 Å². The summed E-state index contributed by atoms with van der Waals surface area (Å²) in [4.78, 5) is 28.9. The van der Waals surface area contributed by atoms with Gasteiger partial charge in [-0.1, -0.05) is 23.8 Å². The molecule has 6 nitrogen and oxygen atoms in total. The molecule has 0 aliphatic carbocycles. The quantitative estimate of drug-likeness (QED) is 0.474. The molecule has 9 heteroatoms. The SMILES string of the molecule is Cc1cc(C)c(NC(=O)COC(=O)c2cccnc2Nc2cccc(C(F)(F)F)c2)c(C)c1. The van der Waals surface area contributed by atoms with Gasteiger partial charge in [-0.05, 0) is 62.2 Å². The number of amides is 1. The molecule has 0 saturated heterocycles. The zero-order valence-corrected chi connectivity index (χ0v) is 18.2. The maximum atomic E-state index is 13.0. The molecule has 33 heavy (non-hydrogen) atoms. The summed E-state index contributed by atoms with van der Waals surface area (Å²) < 4.78 is 44.0. The molecule has 3 rings (SSSR count). The first-order valence-electron chi connectivity index (χ1n) is 9.98. The number of aryl methyl sites for hydroxylation is 3. The first-order chi connectivity index (χ1) is 15.5. The van der Waals surface area contributed by atoms with Gasteiger partial charge < -0.3 is 15.4 Å². The number of hydrogen-bond donors (Lipinski definition) is 2. The number of alkyl halides is 3. The van der Waals surface area contributed by atoms with Crippen molar-refractivity contribution in [2.45, 2.75) is 26.9 Å². The van der Waals surface area contributed by atoms with Crippen molar-refractivity contribution in [1.29, 1.82) is 0 Å². The van der Waals surface area contributed by atoms with Gasteiger partial charge >= 0.3 is 12.1 Å². The highest BCUT2D eigenvalue weighted by molar-refractivity contribution is 5.98. The van der Waals surface area contributed by atoms with Crippen LogP contribution in [0.5, 0.6) is 0 Å². The molecule has 0 radical (unpaired) electrons. The highest BCUT2D eigenvalue weighted by atomic mass is 19.4. The van der Waals surface area contributed by atoms with Crippen LogP contribution in [0.4, 0.5) is 30.4 Å². The summed E-state index contributed by atoms with van der Waals surface area (Å²) in [6, 6.07) is 11.2. The van der Waals surface area contributed by atoms with Crippen molar-refractivity contribution in [1.82, 2.24) is 4.98 Å². The number of benzene rings is 2. The Bertz CT molecular complexity index is 1170. The second-order valence-corrected chi connectivity index (χ2v) is 7.50. The molecule has 0 aliphatic heterocycles. The van der Waals surface area contributed by atoms with Gasteiger partial charge in [-0.25, -0.2) is 9.78 Å². The number of halogens is 3. The molecular weight excluding hydrogens is 435 g/mol. The van der Waals surface area contributed by atoms with Gasteiger partial charge in [0.25, 0.3) is 5.91 Å². The van der Waals surface area contributed by atoms with Crippen LogP contribution in [0.1, 0.15) is 32.6 Å². The van der Waals surface area contributed by atoms with Gasteiger partial charge in [-0.15, -0.1) is 0 Å². The Morgan fingerprint density at radius 1 is 1.00 bits per heavy atom. The fourth-order valence-corrected chi connectivity index (χ4v) is 3.34. The van der Waals surface area contributed by atoms with E-state index in [2.05, 4.69) is 15.6 Å². The Morgan fingerprint density at radius 3 is 2.36 bits per heavy atom. The predicted octanol–water partition coefficient (Wildman–Crippen LogP) is 5.56. The maximum Gasteiger partial charge on any atom is 0.416 e. The number of nitrogens with zero attached hydrogens (tertiary/aromatic N) is 1. The summed E-state index contributed by atoms with van der Waals surface area (Å²) in [5, 5.41) is 5.43. The summed E-state index contributed by atoms with van der Waals surface area (Å²) in [6.07, 6.45) is -3.13. The molecule has 0 bridgehead atoms. The third-order valence-corrected chi connectivity index (χ3v) is 4.76. The number of hydrogen-bond acceptors (Lipinski definition) is 5. The molecule has 0 saturated carbocycles. The number of anilines is 3. The Morgan fingerprint density at radius 2 is 1.70 bits per heavy atom. The molecular formula is C24H22F3N3O3. The topological polar surface area (TPSA) is 80.3 Å². The molecule has 0 spiro atoms. The fraction of sp³-hybridized carbons (Fsp3) is 0.208. The Hall–Kier alpha value is -3.88. The van der Waals surface area contributed by atoms with E-state index in [0.29, 0.717) is 5.69 Å². The molecule has 3 aromatic rings. The summed E-state index contributed by atoms with van der Waals surface area (Å²) >= 11 is 0. The molecule has 1 amide bonds. The Kier molecular flexibility index (Phi) is 7.01. The lowest BCUT2D eigenvalue weighted by molar-refractivity contribution is -0.137. The largest absolute Gasteiger partial charge is 0.452 e. The number of carbonyl (C=O) groups is 2. The lowest BCUT2D eigenvalue weighted by Crippen LogP contribution is -2.22. The normalized spacial score (nSPS) is 11.1. The minimum Gasteiger partial charge on any atom is -0.452 e. The summed E-state index contributed by atoms with van der Waals surface area (Å²) in [7, 11) is 0. The molecule has 0 aliphatic rings. The first kappa shape index (κ1) is 23.8. The van der Waals surface area contributed by atoms with Crippen LogP contribution < -0.4 is 10.6 Å². The zero-order valence-electron chi connectivity index (χ0n) is 18.2. The number of carbonyl (C=O) groups excluding carboxylic acids is 2. The minimum absolute atomic E-state index is 0.00690. The summed E-state index contributed by atoms with van der Waals surface area (Å²) in [5.74, 6) is -1.35. The molecule has 0 unspecified atom stereocenters. The van der Waals surface area contributed by atoms with E-state index in [1.807, 2.05) is 32.9 Å². The van der Waals surface area contributed by atoms with Crippen molar-refractivity contribution in [2.75, 3.05) is 17.2 Å². The van der Waals surface area contributed by atoms with E-state index in [9.17, 15) is 22.8 Å².